The minimum Gasteiger partial charge on any atom is -0.480 e. The zero-order valence-corrected chi connectivity index (χ0v) is 16.4. The van der Waals surface area contributed by atoms with Gasteiger partial charge in [0.2, 0.25) is 5.91 Å². The Morgan fingerprint density at radius 2 is 1.78 bits per heavy atom. The molecule has 0 aromatic heterocycles. The van der Waals surface area contributed by atoms with Gasteiger partial charge in [-0.3, -0.25) is 19.3 Å². The summed E-state index contributed by atoms with van der Waals surface area (Å²) in [5.41, 5.74) is 0.928. The quantitative estimate of drug-likeness (QED) is 0.610. The minimum absolute atomic E-state index is 0.0492. The van der Waals surface area contributed by atoms with E-state index in [1.807, 2.05) is 0 Å². The van der Waals surface area contributed by atoms with Gasteiger partial charge < -0.3 is 5.11 Å². The van der Waals surface area contributed by atoms with Gasteiger partial charge in [0.25, 0.3) is 11.8 Å². The summed E-state index contributed by atoms with van der Waals surface area (Å²) in [6.45, 7) is 4.62. The summed E-state index contributed by atoms with van der Waals surface area (Å²) in [4.78, 5) is 51.6. The number of benzene rings is 1. The molecule has 3 amide bonds. The van der Waals surface area contributed by atoms with Crippen molar-refractivity contribution in [1.82, 2.24) is 4.90 Å². The van der Waals surface area contributed by atoms with Crippen LogP contribution >= 0.6 is 24.0 Å². The Kier molecular flexibility index (Phi) is 4.92. The number of para-hydroxylation sites is 1. The molecule has 7 nitrogen and oxygen atoms in total. The van der Waals surface area contributed by atoms with Gasteiger partial charge in [-0.1, -0.05) is 56.0 Å². The molecule has 1 fully saturated rings. The van der Waals surface area contributed by atoms with E-state index in [1.165, 1.54) is 6.92 Å². The molecule has 0 saturated carbocycles. The number of carbonyl (C=O) groups excluding carboxylic acids is 3. The Labute approximate surface area is 165 Å². The summed E-state index contributed by atoms with van der Waals surface area (Å²) in [6.07, 6.45) is 0. The van der Waals surface area contributed by atoms with Crippen LogP contribution in [-0.4, -0.2) is 44.1 Å². The van der Waals surface area contributed by atoms with E-state index >= 15 is 0 Å². The third-order valence-electron chi connectivity index (χ3n) is 4.33. The van der Waals surface area contributed by atoms with Gasteiger partial charge in [-0.2, -0.15) is 0 Å². The first-order valence-electron chi connectivity index (χ1n) is 8.13. The van der Waals surface area contributed by atoms with Crippen molar-refractivity contribution in [2.45, 2.75) is 26.8 Å². The van der Waals surface area contributed by atoms with Crippen LogP contribution in [0.1, 0.15) is 26.3 Å². The summed E-state index contributed by atoms with van der Waals surface area (Å²) in [5, 5.41) is 9.52. The van der Waals surface area contributed by atoms with Crippen molar-refractivity contribution in [3.05, 3.63) is 34.7 Å². The first kappa shape index (κ1) is 19.2. The topological polar surface area (TPSA) is 95.0 Å². The standard InChI is InChI=1S/C18H16N2O5S2/c1-8(2)13(17(24)25)20-16(23)14(27-18(20)26)12-10-6-4-5-7-11(10)19(9(3)21)15(12)22/h4-8,13H,1-3H3,(H,24,25)/b14-12+/t13-/m0/s1. The summed E-state index contributed by atoms with van der Waals surface area (Å²) in [5.74, 6) is -3.26. The fourth-order valence-electron chi connectivity index (χ4n) is 3.21. The number of anilines is 1. The summed E-state index contributed by atoms with van der Waals surface area (Å²) >= 11 is 6.13. The molecule has 2 aliphatic rings. The van der Waals surface area contributed by atoms with Crippen molar-refractivity contribution in [3.8, 4) is 0 Å². The minimum atomic E-state index is -1.17. The Morgan fingerprint density at radius 3 is 2.33 bits per heavy atom. The molecule has 0 spiro atoms. The lowest BCUT2D eigenvalue weighted by atomic mass is 10.0. The highest BCUT2D eigenvalue weighted by atomic mass is 32.2. The SMILES string of the molecule is CC(=O)N1C(=O)/C(=C2/SC(=S)N([C@H](C(=O)O)C(C)C)C2=O)c2ccccc21. The second-order valence-corrected chi connectivity index (χ2v) is 8.10. The number of carboxylic acid groups (broad SMARTS) is 1. The Balaban J connectivity index is 2.16. The second-order valence-electron chi connectivity index (χ2n) is 6.45. The zero-order valence-electron chi connectivity index (χ0n) is 14.8. The lowest BCUT2D eigenvalue weighted by Gasteiger charge is -2.26. The van der Waals surface area contributed by atoms with E-state index in [0.717, 1.165) is 21.6 Å². The molecule has 9 heteroatoms. The van der Waals surface area contributed by atoms with E-state index in [0.29, 0.717) is 11.3 Å². The van der Waals surface area contributed by atoms with Gasteiger partial charge in [0.15, 0.2) is 0 Å². The fraction of sp³-hybridized carbons (Fsp3) is 0.278. The van der Waals surface area contributed by atoms with Crippen LogP contribution in [0.25, 0.3) is 5.57 Å². The van der Waals surface area contributed by atoms with Crippen LogP contribution in [0.4, 0.5) is 5.69 Å². The average Bonchev–Trinajstić information content (AvgIpc) is 3.01. The molecular formula is C18H16N2O5S2. The highest BCUT2D eigenvalue weighted by molar-refractivity contribution is 8.26. The van der Waals surface area contributed by atoms with Gasteiger partial charge in [-0.05, 0) is 12.0 Å². The number of amides is 3. The van der Waals surface area contributed by atoms with E-state index in [9.17, 15) is 24.3 Å². The monoisotopic (exact) mass is 404 g/mol. The number of hydrogen-bond acceptors (Lipinski definition) is 6. The van der Waals surface area contributed by atoms with E-state index < -0.39 is 29.7 Å². The molecule has 2 heterocycles. The molecule has 2 aliphatic heterocycles. The van der Waals surface area contributed by atoms with Crippen molar-refractivity contribution >= 4 is 63.3 Å². The molecule has 3 rings (SSSR count). The molecule has 0 bridgehead atoms. The maximum Gasteiger partial charge on any atom is 0.327 e. The molecule has 140 valence electrons. The maximum absolute atomic E-state index is 13.0. The Morgan fingerprint density at radius 1 is 1.15 bits per heavy atom. The number of carboxylic acids is 1. The molecule has 1 saturated heterocycles. The van der Waals surface area contributed by atoms with Crippen LogP contribution in [-0.2, 0) is 19.2 Å². The number of thioether (sulfide) groups is 1. The molecule has 1 N–H and O–H groups in total. The molecular weight excluding hydrogens is 388 g/mol. The normalized spacial score (nSPS) is 20.5. The summed E-state index contributed by atoms with van der Waals surface area (Å²) in [7, 11) is 0. The maximum atomic E-state index is 13.0. The number of fused-ring (bicyclic) bond motifs is 1. The van der Waals surface area contributed by atoms with Crippen molar-refractivity contribution in [3.63, 3.8) is 0 Å². The number of hydrogen-bond donors (Lipinski definition) is 1. The number of imide groups is 1. The highest BCUT2D eigenvalue weighted by Gasteiger charge is 2.47. The lowest BCUT2D eigenvalue weighted by Crippen LogP contribution is -2.47. The van der Waals surface area contributed by atoms with Crippen LogP contribution in [0.5, 0.6) is 0 Å². The van der Waals surface area contributed by atoms with Gasteiger partial charge >= 0.3 is 5.97 Å². The van der Waals surface area contributed by atoms with Gasteiger partial charge in [0.05, 0.1) is 16.2 Å². The van der Waals surface area contributed by atoms with Gasteiger partial charge in [-0.25, -0.2) is 9.69 Å². The molecule has 0 radical (unpaired) electrons. The third-order valence-corrected chi connectivity index (χ3v) is 5.74. The second kappa shape index (κ2) is 6.90. The number of aliphatic carboxylic acids is 1. The van der Waals surface area contributed by atoms with E-state index in [4.69, 9.17) is 12.2 Å². The predicted octanol–water partition coefficient (Wildman–Crippen LogP) is 2.26. The van der Waals surface area contributed by atoms with Crippen LogP contribution < -0.4 is 4.90 Å². The largest absolute Gasteiger partial charge is 0.480 e. The smallest absolute Gasteiger partial charge is 0.327 e. The van der Waals surface area contributed by atoms with Gasteiger partial charge in [0.1, 0.15) is 10.4 Å². The molecule has 1 aromatic carbocycles. The Bertz CT molecular complexity index is 937. The first-order chi connectivity index (χ1) is 12.7. The predicted molar refractivity (Wildman–Crippen MR) is 105 cm³/mol. The van der Waals surface area contributed by atoms with Crippen LogP contribution in [0.2, 0.25) is 0 Å². The van der Waals surface area contributed by atoms with E-state index in [-0.39, 0.29) is 20.7 Å². The summed E-state index contributed by atoms with van der Waals surface area (Å²) < 4.78 is 0.0788. The van der Waals surface area contributed by atoms with Crippen LogP contribution in [0.15, 0.2) is 29.2 Å². The van der Waals surface area contributed by atoms with Crippen molar-refractivity contribution < 1.29 is 24.3 Å². The van der Waals surface area contributed by atoms with E-state index in [2.05, 4.69) is 0 Å². The lowest BCUT2D eigenvalue weighted by molar-refractivity contribution is -0.146. The van der Waals surface area contributed by atoms with Gasteiger partial charge in [-0.15, -0.1) is 0 Å². The van der Waals surface area contributed by atoms with Crippen molar-refractivity contribution in [2.24, 2.45) is 5.92 Å². The van der Waals surface area contributed by atoms with Crippen LogP contribution in [0.3, 0.4) is 0 Å². The van der Waals surface area contributed by atoms with E-state index in [1.54, 1.807) is 38.1 Å². The number of carbonyl (C=O) groups is 4. The zero-order chi connectivity index (χ0) is 20.0. The summed E-state index contributed by atoms with van der Waals surface area (Å²) in [6, 6.07) is 5.53. The average molecular weight is 404 g/mol. The molecule has 27 heavy (non-hydrogen) atoms. The van der Waals surface area contributed by atoms with Gasteiger partial charge in [0, 0.05) is 12.5 Å². The first-order valence-corrected chi connectivity index (χ1v) is 9.36. The molecule has 1 atom stereocenters. The highest BCUT2D eigenvalue weighted by Crippen LogP contribution is 2.45. The molecule has 1 aromatic rings. The fourth-order valence-corrected chi connectivity index (χ4v) is 4.61. The molecule has 0 unspecified atom stereocenters. The number of rotatable bonds is 3. The number of nitrogens with zero attached hydrogens (tertiary/aromatic N) is 2. The third kappa shape index (κ3) is 2.96. The van der Waals surface area contributed by atoms with Crippen LogP contribution in [0, 0.1) is 5.92 Å². The molecule has 0 aliphatic carbocycles. The van der Waals surface area contributed by atoms with Crippen molar-refractivity contribution in [2.75, 3.05) is 4.90 Å². The Hall–Kier alpha value is -2.52. The van der Waals surface area contributed by atoms with Crippen molar-refractivity contribution in [1.29, 1.82) is 0 Å². The number of thiocarbonyl (C=S) groups is 1.